The van der Waals surface area contributed by atoms with E-state index in [2.05, 4.69) is 25.7 Å². The number of hydrogen-bond donors (Lipinski definition) is 1. The molecule has 0 aromatic carbocycles. The van der Waals surface area contributed by atoms with Crippen molar-refractivity contribution in [3.63, 3.8) is 0 Å². The molecule has 1 aliphatic rings. The van der Waals surface area contributed by atoms with Crippen LogP contribution in [0.3, 0.4) is 0 Å². The average Bonchev–Trinajstić information content (AvgIpc) is 2.59. The fourth-order valence-corrected chi connectivity index (χ4v) is 2.01. The Hall–Kier alpha value is -0.340. The Labute approximate surface area is 87.7 Å². The van der Waals surface area contributed by atoms with Crippen molar-refractivity contribution in [3.8, 4) is 0 Å². The summed E-state index contributed by atoms with van der Waals surface area (Å²) in [4.78, 5) is 0. The van der Waals surface area contributed by atoms with Crippen molar-refractivity contribution in [1.82, 2.24) is 5.32 Å². The van der Waals surface area contributed by atoms with Crippen LogP contribution in [0.4, 0.5) is 0 Å². The summed E-state index contributed by atoms with van der Waals surface area (Å²) >= 11 is 0. The standard InChI is InChI=1S/C12H23NO/c1-4-6-11(13-9-5-2)12-8-7-10(3)14-12/h4,10-13H,1,5-9H2,2-3H3. The molecule has 14 heavy (non-hydrogen) atoms. The lowest BCUT2D eigenvalue weighted by molar-refractivity contribution is 0.0327. The molecule has 1 rings (SSSR count). The van der Waals surface area contributed by atoms with Gasteiger partial charge >= 0.3 is 0 Å². The molecule has 0 aromatic heterocycles. The Balaban J connectivity index is 2.36. The van der Waals surface area contributed by atoms with Crippen LogP contribution in [0, 0.1) is 0 Å². The third-order valence-electron chi connectivity index (χ3n) is 2.79. The van der Waals surface area contributed by atoms with Crippen molar-refractivity contribution < 1.29 is 4.74 Å². The maximum absolute atomic E-state index is 5.86. The lowest BCUT2D eigenvalue weighted by Gasteiger charge is -2.23. The fourth-order valence-electron chi connectivity index (χ4n) is 2.01. The van der Waals surface area contributed by atoms with E-state index in [4.69, 9.17) is 4.74 Å². The first-order chi connectivity index (χ1) is 6.77. The highest BCUT2D eigenvalue weighted by atomic mass is 16.5. The first kappa shape index (κ1) is 11.7. The van der Waals surface area contributed by atoms with Crippen LogP contribution in [0.5, 0.6) is 0 Å². The second-order valence-corrected chi connectivity index (χ2v) is 4.15. The van der Waals surface area contributed by atoms with Crippen molar-refractivity contribution >= 4 is 0 Å². The molecule has 0 aromatic rings. The second-order valence-electron chi connectivity index (χ2n) is 4.15. The molecule has 3 atom stereocenters. The van der Waals surface area contributed by atoms with Crippen LogP contribution in [0.25, 0.3) is 0 Å². The lowest BCUT2D eigenvalue weighted by atomic mass is 10.0. The van der Waals surface area contributed by atoms with Crippen LogP contribution in [0.15, 0.2) is 12.7 Å². The molecular weight excluding hydrogens is 174 g/mol. The zero-order valence-corrected chi connectivity index (χ0v) is 9.46. The van der Waals surface area contributed by atoms with E-state index in [1.807, 2.05) is 6.08 Å². The minimum atomic E-state index is 0.398. The van der Waals surface area contributed by atoms with Crippen LogP contribution < -0.4 is 5.32 Å². The van der Waals surface area contributed by atoms with E-state index < -0.39 is 0 Å². The minimum Gasteiger partial charge on any atom is -0.374 e. The predicted molar refractivity (Wildman–Crippen MR) is 60.5 cm³/mol. The maximum Gasteiger partial charge on any atom is 0.0735 e. The van der Waals surface area contributed by atoms with Gasteiger partial charge < -0.3 is 10.1 Å². The summed E-state index contributed by atoms with van der Waals surface area (Å²) in [6.45, 7) is 9.23. The largest absolute Gasteiger partial charge is 0.374 e. The van der Waals surface area contributed by atoms with Crippen molar-refractivity contribution in [3.05, 3.63) is 12.7 Å². The van der Waals surface area contributed by atoms with E-state index in [0.29, 0.717) is 18.2 Å². The van der Waals surface area contributed by atoms with Gasteiger partial charge in [-0.25, -0.2) is 0 Å². The Morgan fingerprint density at radius 1 is 1.57 bits per heavy atom. The van der Waals surface area contributed by atoms with Crippen molar-refractivity contribution in [2.75, 3.05) is 6.54 Å². The van der Waals surface area contributed by atoms with E-state index in [1.54, 1.807) is 0 Å². The van der Waals surface area contributed by atoms with Gasteiger partial charge in [-0.15, -0.1) is 6.58 Å². The molecule has 1 saturated heterocycles. The Morgan fingerprint density at radius 3 is 2.86 bits per heavy atom. The van der Waals surface area contributed by atoms with Gasteiger partial charge in [-0.1, -0.05) is 13.0 Å². The molecule has 0 saturated carbocycles. The molecule has 82 valence electrons. The van der Waals surface area contributed by atoms with Crippen molar-refractivity contribution in [2.24, 2.45) is 0 Å². The zero-order valence-electron chi connectivity index (χ0n) is 9.46. The molecule has 1 aliphatic heterocycles. The molecule has 1 fully saturated rings. The fraction of sp³-hybridized carbons (Fsp3) is 0.833. The normalized spacial score (nSPS) is 29.0. The molecule has 0 aliphatic carbocycles. The summed E-state index contributed by atoms with van der Waals surface area (Å²) in [5, 5.41) is 3.54. The van der Waals surface area contributed by atoms with Crippen LogP contribution in [0.2, 0.25) is 0 Å². The SMILES string of the molecule is C=CCC(NCCC)C1CCC(C)O1. The smallest absolute Gasteiger partial charge is 0.0735 e. The molecular formula is C12H23NO. The third-order valence-corrected chi connectivity index (χ3v) is 2.79. The van der Waals surface area contributed by atoms with Gasteiger partial charge in [-0.05, 0) is 39.2 Å². The summed E-state index contributed by atoms with van der Waals surface area (Å²) in [5.41, 5.74) is 0. The summed E-state index contributed by atoms with van der Waals surface area (Å²) in [7, 11) is 0. The number of nitrogens with one attached hydrogen (secondary N) is 1. The van der Waals surface area contributed by atoms with Gasteiger partial charge in [0.15, 0.2) is 0 Å². The van der Waals surface area contributed by atoms with Gasteiger partial charge in [-0.2, -0.15) is 0 Å². The van der Waals surface area contributed by atoms with Gasteiger partial charge in [0.1, 0.15) is 0 Å². The van der Waals surface area contributed by atoms with Gasteiger partial charge in [0, 0.05) is 6.04 Å². The summed E-state index contributed by atoms with van der Waals surface area (Å²) in [6, 6.07) is 0.470. The predicted octanol–water partition coefficient (Wildman–Crippen LogP) is 2.50. The van der Waals surface area contributed by atoms with E-state index in [9.17, 15) is 0 Å². The molecule has 3 unspecified atom stereocenters. The summed E-state index contributed by atoms with van der Waals surface area (Å²) < 4.78 is 5.86. The Kier molecular flexibility index (Phi) is 5.20. The summed E-state index contributed by atoms with van der Waals surface area (Å²) in [6.07, 6.45) is 7.40. The highest BCUT2D eigenvalue weighted by molar-refractivity contribution is 4.87. The van der Waals surface area contributed by atoms with E-state index in [-0.39, 0.29) is 0 Å². The quantitative estimate of drug-likeness (QED) is 0.661. The van der Waals surface area contributed by atoms with Gasteiger partial charge in [-0.3, -0.25) is 0 Å². The molecule has 0 radical (unpaired) electrons. The van der Waals surface area contributed by atoms with E-state index in [1.165, 1.54) is 19.3 Å². The van der Waals surface area contributed by atoms with Gasteiger partial charge in [0.25, 0.3) is 0 Å². The van der Waals surface area contributed by atoms with Gasteiger partial charge in [0.2, 0.25) is 0 Å². The van der Waals surface area contributed by atoms with Crippen LogP contribution in [-0.2, 0) is 4.74 Å². The minimum absolute atomic E-state index is 0.398. The number of ether oxygens (including phenoxy) is 1. The zero-order chi connectivity index (χ0) is 10.4. The monoisotopic (exact) mass is 197 g/mol. The Morgan fingerprint density at radius 2 is 2.36 bits per heavy atom. The molecule has 0 spiro atoms. The Bertz CT molecular complexity index is 170. The molecule has 2 nitrogen and oxygen atoms in total. The molecule has 1 N–H and O–H groups in total. The topological polar surface area (TPSA) is 21.3 Å². The molecule has 0 amide bonds. The number of hydrogen-bond acceptors (Lipinski definition) is 2. The van der Waals surface area contributed by atoms with Crippen LogP contribution >= 0.6 is 0 Å². The van der Waals surface area contributed by atoms with Crippen LogP contribution in [0.1, 0.15) is 39.5 Å². The number of rotatable bonds is 6. The first-order valence-corrected chi connectivity index (χ1v) is 5.77. The van der Waals surface area contributed by atoms with Crippen LogP contribution in [-0.4, -0.2) is 24.8 Å². The highest BCUT2D eigenvalue weighted by Crippen LogP contribution is 2.23. The molecule has 2 heteroatoms. The van der Waals surface area contributed by atoms with E-state index >= 15 is 0 Å². The van der Waals surface area contributed by atoms with Crippen molar-refractivity contribution in [2.45, 2.75) is 57.8 Å². The molecule has 1 heterocycles. The molecule has 0 bridgehead atoms. The second kappa shape index (κ2) is 6.20. The first-order valence-electron chi connectivity index (χ1n) is 5.77. The maximum atomic E-state index is 5.86. The van der Waals surface area contributed by atoms with E-state index in [0.717, 1.165) is 13.0 Å². The average molecular weight is 197 g/mol. The van der Waals surface area contributed by atoms with Gasteiger partial charge in [0.05, 0.1) is 12.2 Å². The summed E-state index contributed by atoms with van der Waals surface area (Å²) in [5.74, 6) is 0. The van der Waals surface area contributed by atoms with Crippen molar-refractivity contribution in [1.29, 1.82) is 0 Å². The lowest BCUT2D eigenvalue weighted by Crippen LogP contribution is -2.39. The third kappa shape index (κ3) is 3.43. The highest BCUT2D eigenvalue weighted by Gasteiger charge is 2.28.